The summed E-state index contributed by atoms with van der Waals surface area (Å²) >= 11 is 3.32. The van der Waals surface area contributed by atoms with Gasteiger partial charge in [-0.15, -0.1) is 0 Å². The lowest BCUT2D eigenvalue weighted by Gasteiger charge is -2.07. The van der Waals surface area contributed by atoms with E-state index in [0.29, 0.717) is 5.69 Å². The fourth-order valence-electron chi connectivity index (χ4n) is 1.81. The number of rotatable bonds is 5. The Morgan fingerprint density at radius 3 is 2.64 bits per heavy atom. The van der Waals surface area contributed by atoms with Gasteiger partial charge in [0.25, 0.3) is 0 Å². The number of pyridine rings is 1. The molecule has 25 heavy (non-hydrogen) atoms. The van der Waals surface area contributed by atoms with Crippen molar-refractivity contribution in [2.24, 2.45) is 0 Å². The van der Waals surface area contributed by atoms with Crippen LogP contribution < -0.4 is 16.0 Å². The number of anilines is 1. The Labute approximate surface area is 154 Å². The largest absolute Gasteiger partial charge is 0.345 e. The zero-order chi connectivity index (χ0) is 17.9. The lowest BCUT2D eigenvalue weighted by Crippen LogP contribution is -2.33. The summed E-state index contributed by atoms with van der Waals surface area (Å²) in [6.45, 7) is 0.489. The van der Waals surface area contributed by atoms with Crippen molar-refractivity contribution >= 4 is 33.6 Å². The van der Waals surface area contributed by atoms with Crippen LogP contribution in [0.2, 0.25) is 0 Å². The Morgan fingerprint density at radius 2 is 1.92 bits per heavy atom. The fourth-order valence-corrected chi connectivity index (χ4v) is 2.08. The van der Waals surface area contributed by atoms with E-state index in [0.717, 1.165) is 10.0 Å². The van der Waals surface area contributed by atoms with Gasteiger partial charge in [-0.3, -0.25) is 9.78 Å². The summed E-state index contributed by atoms with van der Waals surface area (Å²) < 4.78 is 0.932. The summed E-state index contributed by atoms with van der Waals surface area (Å²) in [7, 11) is 0. The molecule has 0 atom stereocenters. The second-order valence-corrected chi connectivity index (χ2v) is 5.87. The number of amides is 3. The van der Waals surface area contributed by atoms with E-state index in [-0.39, 0.29) is 31.4 Å². The monoisotopic (exact) mass is 400 g/mol. The van der Waals surface area contributed by atoms with Crippen molar-refractivity contribution in [1.82, 2.24) is 15.6 Å². The van der Waals surface area contributed by atoms with Crippen LogP contribution in [0.3, 0.4) is 0 Å². The molecule has 3 amide bonds. The minimum absolute atomic E-state index is 0.176. The number of carbonyl (C=O) groups excluding carboxylic acids is 2. The maximum Gasteiger partial charge on any atom is 0.319 e. The molecule has 1 aromatic carbocycles. The standard InChI is InChI=1S/C18H17BrN4O2/c19-15-5-7-16(8-6-15)23-18(25)22-12-9-17(24)21-11-2-4-14-3-1-10-20-13-14/h1,3,5-8,10,13H,9,11-12H2,(H,21,24)(H2,22,23,25). The third kappa shape index (κ3) is 7.50. The van der Waals surface area contributed by atoms with Gasteiger partial charge in [0, 0.05) is 41.1 Å². The highest BCUT2D eigenvalue weighted by atomic mass is 79.9. The number of hydrogen-bond donors (Lipinski definition) is 3. The predicted molar refractivity (Wildman–Crippen MR) is 99.9 cm³/mol. The van der Waals surface area contributed by atoms with Gasteiger partial charge in [0.05, 0.1) is 6.54 Å². The van der Waals surface area contributed by atoms with Crippen molar-refractivity contribution < 1.29 is 9.59 Å². The Morgan fingerprint density at radius 1 is 1.12 bits per heavy atom. The molecule has 0 bridgehead atoms. The summed E-state index contributed by atoms with van der Waals surface area (Å²) in [5.41, 5.74) is 1.47. The zero-order valence-corrected chi connectivity index (χ0v) is 15.0. The van der Waals surface area contributed by atoms with E-state index in [1.807, 2.05) is 18.2 Å². The van der Waals surface area contributed by atoms with Gasteiger partial charge < -0.3 is 16.0 Å². The van der Waals surface area contributed by atoms with Crippen molar-refractivity contribution in [2.45, 2.75) is 6.42 Å². The molecule has 0 aliphatic heterocycles. The number of halogens is 1. The van der Waals surface area contributed by atoms with E-state index in [1.165, 1.54) is 0 Å². The molecular weight excluding hydrogens is 384 g/mol. The SMILES string of the molecule is O=C(CCNC(=O)Nc1ccc(Br)cc1)NCC#Cc1cccnc1. The quantitative estimate of drug-likeness (QED) is 0.674. The van der Waals surface area contributed by atoms with Crippen molar-refractivity contribution in [3.63, 3.8) is 0 Å². The molecule has 0 aliphatic rings. The van der Waals surface area contributed by atoms with Crippen LogP contribution in [0, 0.1) is 11.8 Å². The van der Waals surface area contributed by atoms with Crippen molar-refractivity contribution in [1.29, 1.82) is 0 Å². The Bertz CT molecular complexity index is 767. The van der Waals surface area contributed by atoms with Crippen LogP contribution in [-0.2, 0) is 4.79 Å². The van der Waals surface area contributed by atoms with Crippen molar-refractivity contribution in [3.8, 4) is 11.8 Å². The molecule has 6 nitrogen and oxygen atoms in total. The Balaban J connectivity index is 1.61. The third-order valence-electron chi connectivity index (χ3n) is 3.01. The van der Waals surface area contributed by atoms with Crippen LogP contribution >= 0.6 is 15.9 Å². The smallest absolute Gasteiger partial charge is 0.319 e. The summed E-state index contributed by atoms with van der Waals surface area (Å²) in [5, 5.41) is 7.98. The van der Waals surface area contributed by atoms with Crippen LogP contribution in [-0.4, -0.2) is 30.0 Å². The summed E-state index contributed by atoms with van der Waals surface area (Å²) in [4.78, 5) is 27.3. The molecule has 128 valence electrons. The molecule has 1 heterocycles. The van der Waals surface area contributed by atoms with Crippen molar-refractivity contribution in [3.05, 3.63) is 58.8 Å². The van der Waals surface area contributed by atoms with Crippen LogP contribution in [0.5, 0.6) is 0 Å². The molecule has 7 heteroatoms. The Hall–Kier alpha value is -2.85. The number of carbonyl (C=O) groups is 2. The van der Waals surface area contributed by atoms with E-state index in [9.17, 15) is 9.59 Å². The first-order valence-electron chi connectivity index (χ1n) is 7.59. The molecule has 0 saturated carbocycles. The maximum atomic E-state index is 11.7. The minimum atomic E-state index is -0.355. The van der Waals surface area contributed by atoms with Gasteiger partial charge in [0.2, 0.25) is 5.91 Å². The molecule has 3 N–H and O–H groups in total. The summed E-state index contributed by atoms with van der Waals surface area (Å²) in [5.74, 6) is 5.56. The van der Waals surface area contributed by atoms with E-state index in [2.05, 4.69) is 48.7 Å². The second-order valence-electron chi connectivity index (χ2n) is 4.96. The molecular formula is C18H17BrN4O2. The van der Waals surface area contributed by atoms with Crippen LogP contribution in [0.15, 0.2) is 53.3 Å². The van der Waals surface area contributed by atoms with Crippen LogP contribution in [0.1, 0.15) is 12.0 Å². The van der Waals surface area contributed by atoms with Gasteiger partial charge in [0.1, 0.15) is 0 Å². The predicted octanol–water partition coefficient (Wildman–Crippen LogP) is 2.52. The van der Waals surface area contributed by atoms with E-state index in [4.69, 9.17) is 0 Å². The number of nitrogens with one attached hydrogen (secondary N) is 3. The van der Waals surface area contributed by atoms with E-state index >= 15 is 0 Å². The zero-order valence-electron chi connectivity index (χ0n) is 13.4. The number of benzene rings is 1. The van der Waals surface area contributed by atoms with Crippen LogP contribution in [0.4, 0.5) is 10.5 Å². The highest BCUT2D eigenvalue weighted by Gasteiger charge is 2.03. The van der Waals surface area contributed by atoms with Crippen molar-refractivity contribution in [2.75, 3.05) is 18.4 Å². The van der Waals surface area contributed by atoms with Gasteiger partial charge >= 0.3 is 6.03 Å². The summed E-state index contributed by atoms with van der Waals surface area (Å²) in [6.07, 6.45) is 3.51. The van der Waals surface area contributed by atoms with Gasteiger partial charge in [-0.25, -0.2) is 4.79 Å². The molecule has 0 fully saturated rings. The van der Waals surface area contributed by atoms with Gasteiger partial charge in [-0.05, 0) is 36.4 Å². The molecule has 0 unspecified atom stereocenters. The highest BCUT2D eigenvalue weighted by Crippen LogP contribution is 2.13. The maximum absolute atomic E-state index is 11.7. The van der Waals surface area contributed by atoms with Gasteiger partial charge in [-0.2, -0.15) is 0 Å². The first kappa shape index (κ1) is 18.5. The minimum Gasteiger partial charge on any atom is -0.345 e. The Kier molecular flexibility index (Phi) is 7.47. The number of hydrogen-bond acceptors (Lipinski definition) is 3. The average Bonchev–Trinajstić information content (AvgIpc) is 2.62. The molecule has 0 radical (unpaired) electrons. The molecule has 2 rings (SSSR count). The van der Waals surface area contributed by atoms with Crippen LogP contribution in [0.25, 0.3) is 0 Å². The molecule has 2 aromatic rings. The summed E-state index contributed by atoms with van der Waals surface area (Å²) in [6, 6.07) is 10.5. The van der Waals surface area contributed by atoms with E-state index in [1.54, 1.807) is 30.6 Å². The number of aromatic nitrogens is 1. The first-order valence-corrected chi connectivity index (χ1v) is 8.39. The highest BCUT2D eigenvalue weighted by molar-refractivity contribution is 9.10. The van der Waals surface area contributed by atoms with Gasteiger partial charge in [0.15, 0.2) is 0 Å². The van der Waals surface area contributed by atoms with E-state index < -0.39 is 0 Å². The molecule has 0 aliphatic carbocycles. The van der Waals surface area contributed by atoms with Gasteiger partial charge in [-0.1, -0.05) is 27.8 Å². The average molecular weight is 401 g/mol. The molecule has 0 saturated heterocycles. The lowest BCUT2D eigenvalue weighted by atomic mass is 10.3. The topological polar surface area (TPSA) is 83.1 Å². The normalized spacial score (nSPS) is 9.48. The lowest BCUT2D eigenvalue weighted by molar-refractivity contribution is -0.120. The molecule has 0 spiro atoms. The fraction of sp³-hybridized carbons (Fsp3) is 0.167. The second kappa shape index (κ2) is 10.1. The third-order valence-corrected chi connectivity index (χ3v) is 3.54. The first-order chi connectivity index (χ1) is 12.1. The molecule has 1 aromatic heterocycles. The number of urea groups is 1. The number of nitrogens with zero attached hydrogens (tertiary/aromatic N) is 1.